The fraction of sp³-hybridized carbons (Fsp3) is 0.125. The van der Waals surface area contributed by atoms with Crippen molar-refractivity contribution in [3.63, 3.8) is 0 Å². The highest BCUT2D eigenvalue weighted by molar-refractivity contribution is 6.16. The largest absolute Gasteiger partial charge is 0.419 e. The maximum Gasteiger partial charge on any atom is 0.249 e. The molecule has 2 heterocycles. The van der Waals surface area contributed by atoms with Crippen molar-refractivity contribution in [1.29, 1.82) is 0 Å². The summed E-state index contributed by atoms with van der Waals surface area (Å²) in [7, 11) is 0. The average Bonchev–Trinajstić information content (AvgIpc) is 2.66. The zero-order chi connectivity index (χ0) is 9.97. The number of rotatable bonds is 2. The minimum Gasteiger partial charge on any atom is -0.419 e. The van der Waals surface area contributed by atoms with E-state index in [1.165, 1.54) is 12.3 Å². The van der Waals surface area contributed by atoms with Gasteiger partial charge in [-0.3, -0.25) is 4.98 Å². The van der Waals surface area contributed by atoms with Crippen molar-refractivity contribution in [2.75, 3.05) is 0 Å². The van der Waals surface area contributed by atoms with Gasteiger partial charge in [0.1, 0.15) is 11.7 Å². The Bertz CT molecular complexity index is 446. The van der Waals surface area contributed by atoms with E-state index >= 15 is 0 Å². The summed E-state index contributed by atoms with van der Waals surface area (Å²) in [6, 6.07) is 1.26. The van der Waals surface area contributed by atoms with Crippen molar-refractivity contribution in [2.45, 2.75) is 5.88 Å². The molecule has 0 amide bonds. The minimum atomic E-state index is -0.451. The smallest absolute Gasteiger partial charge is 0.249 e. The van der Waals surface area contributed by atoms with Gasteiger partial charge in [0.25, 0.3) is 0 Å². The van der Waals surface area contributed by atoms with E-state index in [1.807, 2.05) is 0 Å². The van der Waals surface area contributed by atoms with Crippen LogP contribution in [0.4, 0.5) is 4.39 Å². The molecule has 0 spiro atoms. The molecule has 2 aromatic heterocycles. The minimum absolute atomic E-state index is 0.135. The molecule has 0 atom stereocenters. The molecule has 0 aliphatic rings. The molecule has 0 N–H and O–H groups in total. The highest BCUT2D eigenvalue weighted by atomic mass is 35.5. The molecule has 4 nitrogen and oxygen atoms in total. The zero-order valence-corrected chi connectivity index (χ0v) is 7.70. The maximum absolute atomic E-state index is 12.8. The molecule has 0 saturated carbocycles. The Morgan fingerprint density at radius 2 is 2.21 bits per heavy atom. The van der Waals surface area contributed by atoms with Crippen LogP contribution in [-0.4, -0.2) is 15.2 Å². The van der Waals surface area contributed by atoms with Gasteiger partial charge >= 0.3 is 0 Å². The summed E-state index contributed by atoms with van der Waals surface area (Å²) >= 11 is 5.47. The normalized spacial score (nSPS) is 10.4. The summed E-state index contributed by atoms with van der Waals surface area (Å²) in [5.74, 6) is 0.196. The van der Waals surface area contributed by atoms with E-state index in [0.717, 1.165) is 6.20 Å². The second kappa shape index (κ2) is 3.71. The fourth-order valence-electron chi connectivity index (χ4n) is 0.953. The van der Waals surface area contributed by atoms with Crippen molar-refractivity contribution in [1.82, 2.24) is 15.2 Å². The topological polar surface area (TPSA) is 51.8 Å². The highest BCUT2D eigenvalue weighted by Gasteiger charge is 2.08. The second-order valence-corrected chi connectivity index (χ2v) is 2.79. The molecule has 0 aliphatic carbocycles. The molecular weight excluding hydrogens is 209 g/mol. The Labute approximate surface area is 83.7 Å². The van der Waals surface area contributed by atoms with Crippen LogP contribution in [0.3, 0.4) is 0 Å². The first-order valence-electron chi connectivity index (χ1n) is 3.79. The SMILES string of the molecule is Fc1cncc(-c2nnc(CCl)o2)c1. The van der Waals surface area contributed by atoms with Crippen LogP contribution in [-0.2, 0) is 5.88 Å². The molecule has 6 heteroatoms. The van der Waals surface area contributed by atoms with Crippen LogP contribution in [0.5, 0.6) is 0 Å². The predicted molar refractivity (Wildman–Crippen MR) is 47.0 cm³/mol. The third-order valence-electron chi connectivity index (χ3n) is 1.53. The number of aromatic nitrogens is 3. The van der Waals surface area contributed by atoms with Crippen LogP contribution in [0.25, 0.3) is 11.5 Å². The second-order valence-electron chi connectivity index (χ2n) is 2.53. The Morgan fingerprint density at radius 3 is 2.86 bits per heavy atom. The number of hydrogen-bond donors (Lipinski definition) is 0. The first kappa shape index (κ1) is 9.08. The van der Waals surface area contributed by atoms with E-state index in [2.05, 4.69) is 15.2 Å². The van der Waals surface area contributed by atoms with E-state index in [-0.39, 0.29) is 11.8 Å². The molecule has 0 fully saturated rings. The molecule has 14 heavy (non-hydrogen) atoms. The van der Waals surface area contributed by atoms with Crippen molar-refractivity contribution >= 4 is 11.6 Å². The van der Waals surface area contributed by atoms with Gasteiger partial charge in [0, 0.05) is 6.20 Å². The summed E-state index contributed by atoms with van der Waals surface area (Å²) in [4.78, 5) is 3.66. The molecule has 0 saturated heterocycles. The van der Waals surface area contributed by atoms with Gasteiger partial charge in [0.2, 0.25) is 11.8 Å². The summed E-state index contributed by atoms with van der Waals surface area (Å²) in [6.45, 7) is 0. The summed E-state index contributed by atoms with van der Waals surface area (Å²) < 4.78 is 17.9. The average molecular weight is 214 g/mol. The van der Waals surface area contributed by atoms with E-state index in [9.17, 15) is 4.39 Å². The number of hydrogen-bond acceptors (Lipinski definition) is 4. The molecule has 0 aliphatic heterocycles. The number of halogens is 2. The van der Waals surface area contributed by atoms with Crippen molar-refractivity contribution in [3.05, 3.63) is 30.2 Å². The third-order valence-corrected chi connectivity index (χ3v) is 1.76. The van der Waals surface area contributed by atoms with Crippen molar-refractivity contribution < 1.29 is 8.81 Å². The van der Waals surface area contributed by atoms with Crippen LogP contribution >= 0.6 is 11.6 Å². The summed E-state index contributed by atoms with van der Waals surface area (Å²) in [5, 5.41) is 7.33. The van der Waals surface area contributed by atoms with Gasteiger partial charge in [0.05, 0.1) is 11.8 Å². The quantitative estimate of drug-likeness (QED) is 0.716. The first-order valence-corrected chi connectivity index (χ1v) is 4.32. The Kier molecular flexibility index (Phi) is 2.41. The van der Waals surface area contributed by atoms with Gasteiger partial charge in [-0.15, -0.1) is 21.8 Å². The van der Waals surface area contributed by atoms with Gasteiger partial charge in [-0.05, 0) is 6.07 Å². The van der Waals surface area contributed by atoms with Gasteiger partial charge in [-0.25, -0.2) is 4.39 Å². The molecule has 0 unspecified atom stereocenters. The lowest BCUT2D eigenvalue weighted by molar-refractivity contribution is 0.526. The van der Waals surface area contributed by atoms with E-state index in [1.54, 1.807) is 0 Å². The standard InChI is InChI=1S/C8H5ClFN3O/c9-2-7-12-13-8(14-7)5-1-6(10)4-11-3-5/h1,3-4H,2H2. The van der Waals surface area contributed by atoms with Gasteiger partial charge < -0.3 is 4.42 Å². The molecular formula is C8H5ClFN3O. The lowest BCUT2D eigenvalue weighted by atomic mass is 10.3. The Hall–Kier alpha value is -1.49. The van der Waals surface area contributed by atoms with E-state index in [0.29, 0.717) is 11.5 Å². The number of pyridine rings is 1. The third kappa shape index (κ3) is 1.72. The van der Waals surface area contributed by atoms with Crippen LogP contribution in [0.15, 0.2) is 22.9 Å². The molecule has 0 radical (unpaired) electrons. The number of alkyl halides is 1. The van der Waals surface area contributed by atoms with E-state index < -0.39 is 5.82 Å². The van der Waals surface area contributed by atoms with Gasteiger partial charge in [0.15, 0.2) is 0 Å². The van der Waals surface area contributed by atoms with Gasteiger partial charge in [-0.2, -0.15) is 0 Å². The molecule has 2 rings (SSSR count). The zero-order valence-electron chi connectivity index (χ0n) is 6.94. The van der Waals surface area contributed by atoms with Gasteiger partial charge in [-0.1, -0.05) is 0 Å². The van der Waals surface area contributed by atoms with Crippen LogP contribution < -0.4 is 0 Å². The lowest BCUT2D eigenvalue weighted by Gasteiger charge is -1.92. The summed E-state index contributed by atoms with van der Waals surface area (Å²) in [6.07, 6.45) is 2.54. The monoisotopic (exact) mass is 213 g/mol. The molecule has 0 bridgehead atoms. The predicted octanol–water partition coefficient (Wildman–Crippen LogP) is 2.01. The lowest BCUT2D eigenvalue weighted by Crippen LogP contribution is -1.82. The first-order chi connectivity index (χ1) is 6.79. The van der Waals surface area contributed by atoms with Crippen LogP contribution in [0.1, 0.15) is 5.89 Å². The molecule has 0 aromatic carbocycles. The van der Waals surface area contributed by atoms with Crippen molar-refractivity contribution in [2.24, 2.45) is 0 Å². The van der Waals surface area contributed by atoms with Crippen molar-refractivity contribution in [3.8, 4) is 11.5 Å². The molecule has 72 valence electrons. The summed E-state index contributed by atoms with van der Waals surface area (Å²) in [5.41, 5.74) is 0.439. The Morgan fingerprint density at radius 1 is 1.36 bits per heavy atom. The molecule has 2 aromatic rings. The van der Waals surface area contributed by atoms with Crippen LogP contribution in [0.2, 0.25) is 0 Å². The maximum atomic E-state index is 12.8. The Balaban J connectivity index is 2.39. The highest BCUT2D eigenvalue weighted by Crippen LogP contribution is 2.17. The number of nitrogens with zero attached hydrogens (tertiary/aromatic N) is 3. The van der Waals surface area contributed by atoms with E-state index in [4.69, 9.17) is 16.0 Å². The fourth-order valence-corrected chi connectivity index (χ4v) is 1.06. The van der Waals surface area contributed by atoms with Crippen LogP contribution in [0, 0.1) is 5.82 Å².